The van der Waals surface area contributed by atoms with Crippen LogP contribution in [0.4, 0.5) is 0 Å². The lowest BCUT2D eigenvalue weighted by Crippen LogP contribution is -2.55. The molecule has 0 aromatic heterocycles. The molecule has 0 aromatic carbocycles. The van der Waals surface area contributed by atoms with Crippen LogP contribution in [0.15, 0.2) is 4.99 Å². The van der Waals surface area contributed by atoms with Gasteiger partial charge in [-0.15, -0.1) is 24.0 Å². The zero-order valence-electron chi connectivity index (χ0n) is 20.1. The van der Waals surface area contributed by atoms with E-state index in [1.165, 1.54) is 6.42 Å². The van der Waals surface area contributed by atoms with Crippen LogP contribution in [0.1, 0.15) is 52.9 Å². The van der Waals surface area contributed by atoms with Gasteiger partial charge in [0.2, 0.25) is 11.8 Å². The number of hydrogen-bond acceptors (Lipinski definition) is 4. The van der Waals surface area contributed by atoms with Crippen LogP contribution in [0.5, 0.6) is 0 Å². The summed E-state index contributed by atoms with van der Waals surface area (Å²) < 4.78 is 0. The van der Waals surface area contributed by atoms with E-state index in [1.807, 2.05) is 0 Å². The number of amides is 2. The van der Waals surface area contributed by atoms with Crippen molar-refractivity contribution in [3.63, 3.8) is 0 Å². The fourth-order valence-corrected chi connectivity index (χ4v) is 4.65. The Kier molecular flexibility index (Phi) is 11.5. The number of aliphatic imine (C=N–C) groups is 1. The van der Waals surface area contributed by atoms with E-state index in [0.717, 1.165) is 71.0 Å². The molecule has 2 unspecified atom stereocenters. The first-order chi connectivity index (χ1) is 14.9. The molecule has 8 nitrogen and oxygen atoms in total. The van der Waals surface area contributed by atoms with Crippen LogP contribution in [0.25, 0.3) is 0 Å². The Morgan fingerprint density at radius 3 is 2.25 bits per heavy atom. The number of nitrogens with one attached hydrogen (secondary N) is 2. The minimum atomic E-state index is 0. The van der Waals surface area contributed by atoms with Gasteiger partial charge in [-0.05, 0) is 44.4 Å². The molecule has 2 heterocycles. The van der Waals surface area contributed by atoms with Crippen molar-refractivity contribution in [3.8, 4) is 0 Å². The molecule has 0 bridgehead atoms. The lowest BCUT2D eigenvalue weighted by molar-refractivity contribution is -0.135. The third-order valence-electron chi connectivity index (χ3n) is 6.35. The van der Waals surface area contributed by atoms with Crippen LogP contribution in [-0.2, 0) is 9.59 Å². The number of piperazine rings is 1. The summed E-state index contributed by atoms with van der Waals surface area (Å²) in [4.78, 5) is 35.9. The molecular formula is C23H43IN6O2. The van der Waals surface area contributed by atoms with Crippen molar-refractivity contribution < 1.29 is 9.59 Å². The Morgan fingerprint density at radius 2 is 1.66 bits per heavy atom. The molecule has 0 radical (unpaired) electrons. The SMILES string of the molecule is CCNC(=NCCCC(=O)NC1CC1)N1CCN(CC(=O)N2CC(C)CC(C)C2)CC1.I. The number of carbonyl (C=O) groups is 2. The van der Waals surface area contributed by atoms with Gasteiger partial charge in [0, 0.05) is 64.8 Å². The van der Waals surface area contributed by atoms with Gasteiger partial charge in [0.05, 0.1) is 6.54 Å². The lowest BCUT2D eigenvalue weighted by atomic mass is 9.92. The van der Waals surface area contributed by atoms with E-state index in [9.17, 15) is 9.59 Å². The molecule has 2 amide bonds. The lowest BCUT2D eigenvalue weighted by Gasteiger charge is -2.39. The van der Waals surface area contributed by atoms with Gasteiger partial charge in [-0.2, -0.15) is 0 Å². The maximum absolute atomic E-state index is 12.8. The molecule has 3 aliphatic rings. The first-order valence-corrected chi connectivity index (χ1v) is 12.3. The second kappa shape index (κ2) is 13.6. The third-order valence-corrected chi connectivity index (χ3v) is 6.35. The summed E-state index contributed by atoms with van der Waals surface area (Å²) in [5.41, 5.74) is 0. The van der Waals surface area contributed by atoms with Crippen LogP contribution in [0.3, 0.4) is 0 Å². The van der Waals surface area contributed by atoms with Crippen molar-refractivity contribution in [2.24, 2.45) is 16.8 Å². The average Bonchev–Trinajstić information content (AvgIpc) is 3.54. The van der Waals surface area contributed by atoms with Crippen molar-refractivity contribution in [2.75, 3.05) is 58.9 Å². The van der Waals surface area contributed by atoms with Crippen LogP contribution >= 0.6 is 24.0 Å². The molecule has 2 N–H and O–H groups in total. The van der Waals surface area contributed by atoms with E-state index >= 15 is 0 Å². The van der Waals surface area contributed by atoms with Gasteiger partial charge < -0.3 is 20.4 Å². The summed E-state index contributed by atoms with van der Waals surface area (Å²) in [6.07, 6.45) is 4.79. The highest BCUT2D eigenvalue weighted by Crippen LogP contribution is 2.21. The van der Waals surface area contributed by atoms with Gasteiger partial charge in [-0.25, -0.2) is 0 Å². The minimum Gasteiger partial charge on any atom is -0.357 e. The standard InChI is InChI=1S/C23H42N6O2.HI/c1-4-24-23(25-9-5-6-21(30)26-20-7-8-20)28-12-10-27(11-13-28)17-22(31)29-15-18(2)14-19(3)16-29;/h18-20H,4-17H2,1-3H3,(H,24,25)(H,26,30);1H. The maximum atomic E-state index is 12.8. The number of likely N-dealkylation sites (tertiary alicyclic amines) is 1. The first-order valence-electron chi connectivity index (χ1n) is 12.3. The third kappa shape index (κ3) is 9.03. The molecule has 2 saturated heterocycles. The fourth-order valence-electron chi connectivity index (χ4n) is 4.65. The predicted octanol–water partition coefficient (Wildman–Crippen LogP) is 1.75. The van der Waals surface area contributed by atoms with Crippen LogP contribution < -0.4 is 10.6 Å². The Labute approximate surface area is 210 Å². The normalized spacial score (nSPS) is 24.7. The first kappa shape index (κ1) is 27.1. The molecule has 9 heteroatoms. The Balaban J connectivity index is 0.00000363. The number of carbonyl (C=O) groups excluding carboxylic acids is 2. The van der Waals surface area contributed by atoms with Gasteiger partial charge in [-0.3, -0.25) is 19.5 Å². The average molecular weight is 563 g/mol. The summed E-state index contributed by atoms with van der Waals surface area (Å²) in [7, 11) is 0. The van der Waals surface area contributed by atoms with Crippen LogP contribution in [0, 0.1) is 11.8 Å². The fraction of sp³-hybridized carbons (Fsp3) is 0.870. The number of guanidine groups is 1. The summed E-state index contributed by atoms with van der Waals surface area (Å²) >= 11 is 0. The summed E-state index contributed by atoms with van der Waals surface area (Å²) in [6, 6.07) is 0.429. The molecule has 3 fully saturated rings. The molecule has 3 rings (SSSR count). The zero-order chi connectivity index (χ0) is 22.2. The topological polar surface area (TPSA) is 80.3 Å². The highest BCUT2D eigenvalue weighted by Gasteiger charge is 2.28. The minimum absolute atomic E-state index is 0. The Morgan fingerprint density at radius 1 is 1.00 bits per heavy atom. The second-order valence-corrected chi connectivity index (χ2v) is 9.69. The second-order valence-electron chi connectivity index (χ2n) is 9.69. The van der Waals surface area contributed by atoms with Crippen molar-refractivity contribution in [1.29, 1.82) is 0 Å². The maximum Gasteiger partial charge on any atom is 0.236 e. The Bertz CT molecular complexity index is 624. The smallest absolute Gasteiger partial charge is 0.236 e. The highest BCUT2D eigenvalue weighted by molar-refractivity contribution is 14.0. The van der Waals surface area contributed by atoms with Crippen molar-refractivity contribution in [1.82, 2.24) is 25.3 Å². The monoisotopic (exact) mass is 562 g/mol. The van der Waals surface area contributed by atoms with Gasteiger partial charge in [0.15, 0.2) is 5.96 Å². The van der Waals surface area contributed by atoms with Gasteiger partial charge in [0.1, 0.15) is 0 Å². The molecule has 1 aliphatic carbocycles. The van der Waals surface area contributed by atoms with Gasteiger partial charge in [0.25, 0.3) is 0 Å². The molecule has 2 atom stereocenters. The van der Waals surface area contributed by atoms with E-state index in [2.05, 4.69) is 46.1 Å². The molecular weight excluding hydrogens is 519 g/mol. The zero-order valence-corrected chi connectivity index (χ0v) is 22.5. The highest BCUT2D eigenvalue weighted by atomic mass is 127. The van der Waals surface area contributed by atoms with Gasteiger partial charge in [-0.1, -0.05) is 13.8 Å². The van der Waals surface area contributed by atoms with E-state index in [4.69, 9.17) is 4.99 Å². The number of hydrogen-bond donors (Lipinski definition) is 2. The largest absolute Gasteiger partial charge is 0.357 e. The van der Waals surface area contributed by atoms with Crippen LogP contribution in [-0.4, -0.2) is 97.4 Å². The molecule has 1 saturated carbocycles. The molecule has 32 heavy (non-hydrogen) atoms. The summed E-state index contributed by atoms with van der Waals surface area (Å²) in [5.74, 6) is 2.55. The molecule has 184 valence electrons. The number of piperidine rings is 1. The van der Waals surface area contributed by atoms with Crippen molar-refractivity contribution in [2.45, 2.75) is 58.9 Å². The number of nitrogens with zero attached hydrogens (tertiary/aromatic N) is 4. The summed E-state index contributed by atoms with van der Waals surface area (Å²) in [5, 5.41) is 6.41. The van der Waals surface area contributed by atoms with E-state index < -0.39 is 0 Å². The Hall–Kier alpha value is -1.10. The summed E-state index contributed by atoms with van der Waals surface area (Å²) in [6.45, 7) is 13.9. The van der Waals surface area contributed by atoms with Crippen LogP contribution in [0.2, 0.25) is 0 Å². The van der Waals surface area contributed by atoms with E-state index in [-0.39, 0.29) is 35.8 Å². The predicted molar refractivity (Wildman–Crippen MR) is 139 cm³/mol. The molecule has 2 aliphatic heterocycles. The number of halogens is 1. The quantitative estimate of drug-likeness (QED) is 0.204. The molecule has 0 aromatic rings. The van der Waals surface area contributed by atoms with E-state index in [0.29, 0.717) is 37.4 Å². The van der Waals surface area contributed by atoms with Crippen molar-refractivity contribution in [3.05, 3.63) is 0 Å². The van der Waals surface area contributed by atoms with E-state index in [1.54, 1.807) is 0 Å². The number of rotatable bonds is 8. The molecule has 0 spiro atoms. The van der Waals surface area contributed by atoms with Crippen molar-refractivity contribution >= 4 is 41.8 Å². The van der Waals surface area contributed by atoms with Gasteiger partial charge >= 0.3 is 0 Å².